The zero-order valence-corrected chi connectivity index (χ0v) is 16.4. The van der Waals surface area contributed by atoms with Crippen molar-refractivity contribution in [3.63, 3.8) is 0 Å². The van der Waals surface area contributed by atoms with Crippen molar-refractivity contribution >= 4 is 11.8 Å². The van der Waals surface area contributed by atoms with E-state index in [4.69, 9.17) is 18.9 Å². The Morgan fingerprint density at radius 2 is 1.04 bits per heavy atom. The second-order valence-electron chi connectivity index (χ2n) is 5.89. The average Bonchev–Trinajstić information content (AvgIpc) is 2.67. The van der Waals surface area contributed by atoms with E-state index in [-0.39, 0.29) is 26.4 Å². The largest absolute Gasteiger partial charge is 0.491 e. The number of aliphatic hydroxyl groups excluding tert-OH is 2. The highest BCUT2D eigenvalue weighted by atomic mass is 32.2. The van der Waals surface area contributed by atoms with Crippen LogP contribution < -0.4 is 9.47 Å². The maximum absolute atomic E-state index is 9.59. The van der Waals surface area contributed by atoms with Gasteiger partial charge in [0.25, 0.3) is 0 Å². The van der Waals surface area contributed by atoms with Gasteiger partial charge in [-0.05, 0) is 48.5 Å². The Labute approximate surface area is 164 Å². The minimum atomic E-state index is -0.639. The summed E-state index contributed by atoms with van der Waals surface area (Å²) in [6.07, 6.45) is -1.28. The van der Waals surface area contributed by atoms with E-state index in [1.807, 2.05) is 48.5 Å². The minimum absolute atomic E-state index is 0.195. The molecule has 2 N–H and O–H groups in total. The predicted octanol–water partition coefficient (Wildman–Crippen LogP) is 2.61. The van der Waals surface area contributed by atoms with Gasteiger partial charge < -0.3 is 29.2 Å². The monoisotopic (exact) mass is 394 g/mol. The first-order valence-electron chi connectivity index (χ1n) is 8.58. The first-order chi connectivity index (χ1) is 13.1. The van der Waals surface area contributed by atoms with E-state index in [1.54, 1.807) is 26.0 Å². The first kappa shape index (κ1) is 21.5. The SMILES string of the molecule is COCC(O)COc1ccc(Sc2ccc(OCC(O)COC)cc2)cc1. The Balaban J connectivity index is 1.80. The summed E-state index contributed by atoms with van der Waals surface area (Å²) in [5.74, 6) is 1.40. The summed E-state index contributed by atoms with van der Waals surface area (Å²) >= 11 is 1.62. The smallest absolute Gasteiger partial charge is 0.119 e. The molecule has 7 heteroatoms. The van der Waals surface area contributed by atoms with E-state index in [0.717, 1.165) is 9.79 Å². The molecule has 0 aliphatic heterocycles. The van der Waals surface area contributed by atoms with Crippen molar-refractivity contribution in [3.05, 3.63) is 48.5 Å². The lowest BCUT2D eigenvalue weighted by atomic mass is 10.3. The van der Waals surface area contributed by atoms with Gasteiger partial charge in [0.15, 0.2) is 0 Å². The summed E-state index contributed by atoms with van der Waals surface area (Å²) < 4.78 is 20.8. The minimum Gasteiger partial charge on any atom is -0.491 e. The Kier molecular flexibility index (Phi) is 9.44. The molecule has 2 aromatic rings. The summed E-state index contributed by atoms with van der Waals surface area (Å²) in [6.45, 7) is 0.889. The van der Waals surface area contributed by atoms with Crippen LogP contribution in [0.1, 0.15) is 0 Å². The van der Waals surface area contributed by atoms with Crippen molar-refractivity contribution in [2.24, 2.45) is 0 Å². The maximum atomic E-state index is 9.59. The van der Waals surface area contributed by atoms with Crippen LogP contribution in [-0.2, 0) is 9.47 Å². The first-order valence-corrected chi connectivity index (χ1v) is 9.40. The van der Waals surface area contributed by atoms with Gasteiger partial charge >= 0.3 is 0 Å². The molecule has 0 radical (unpaired) electrons. The van der Waals surface area contributed by atoms with Crippen LogP contribution in [-0.4, -0.2) is 63.1 Å². The number of rotatable bonds is 12. The normalized spacial score (nSPS) is 13.2. The molecule has 0 fully saturated rings. The molecule has 6 nitrogen and oxygen atoms in total. The van der Waals surface area contributed by atoms with Gasteiger partial charge in [0.2, 0.25) is 0 Å². The fraction of sp³-hybridized carbons (Fsp3) is 0.400. The molecule has 2 aromatic carbocycles. The molecule has 0 amide bonds. The van der Waals surface area contributed by atoms with Crippen molar-refractivity contribution in [3.8, 4) is 11.5 Å². The second-order valence-corrected chi connectivity index (χ2v) is 7.03. The van der Waals surface area contributed by atoms with Crippen molar-refractivity contribution in [2.75, 3.05) is 40.6 Å². The highest BCUT2D eigenvalue weighted by molar-refractivity contribution is 7.99. The van der Waals surface area contributed by atoms with Crippen LogP contribution in [0.2, 0.25) is 0 Å². The van der Waals surface area contributed by atoms with E-state index in [1.165, 1.54) is 0 Å². The lowest BCUT2D eigenvalue weighted by Crippen LogP contribution is -2.22. The highest BCUT2D eigenvalue weighted by Crippen LogP contribution is 2.30. The second kappa shape index (κ2) is 11.8. The van der Waals surface area contributed by atoms with Crippen LogP contribution in [0.3, 0.4) is 0 Å². The quantitative estimate of drug-likeness (QED) is 0.573. The number of hydrogen-bond donors (Lipinski definition) is 2. The standard InChI is InChI=1S/C20H26O6S/c1-23-11-15(21)13-25-17-3-7-19(8-4-17)27-20-9-5-18(6-10-20)26-14-16(22)12-24-2/h3-10,15-16,21-22H,11-14H2,1-2H3. The summed E-state index contributed by atoms with van der Waals surface area (Å²) in [4.78, 5) is 2.15. The van der Waals surface area contributed by atoms with Gasteiger partial charge in [0, 0.05) is 24.0 Å². The number of benzene rings is 2. The Morgan fingerprint density at radius 3 is 1.37 bits per heavy atom. The molecule has 0 bridgehead atoms. The molecule has 2 unspecified atom stereocenters. The topological polar surface area (TPSA) is 77.4 Å². The summed E-state index contributed by atoms with van der Waals surface area (Å²) in [5, 5.41) is 19.2. The molecule has 0 heterocycles. The molecule has 2 rings (SSSR count). The highest BCUT2D eigenvalue weighted by Gasteiger charge is 2.06. The molecule has 148 valence electrons. The zero-order valence-electron chi connectivity index (χ0n) is 15.5. The molecular formula is C20H26O6S. The molecular weight excluding hydrogens is 368 g/mol. The number of aliphatic hydroxyl groups is 2. The van der Waals surface area contributed by atoms with Gasteiger partial charge in [-0.2, -0.15) is 0 Å². The molecule has 0 spiro atoms. The Hall–Kier alpha value is -1.77. The lowest BCUT2D eigenvalue weighted by Gasteiger charge is -2.12. The summed E-state index contributed by atoms with van der Waals surface area (Å²) in [5.41, 5.74) is 0. The zero-order chi connectivity index (χ0) is 19.5. The molecule has 0 aromatic heterocycles. The van der Waals surface area contributed by atoms with E-state index in [0.29, 0.717) is 11.5 Å². The molecule has 0 saturated carbocycles. The van der Waals surface area contributed by atoms with Crippen LogP contribution >= 0.6 is 11.8 Å². The van der Waals surface area contributed by atoms with Gasteiger partial charge in [-0.1, -0.05) is 11.8 Å². The number of methoxy groups -OCH3 is 2. The third-order valence-electron chi connectivity index (χ3n) is 3.49. The lowest BCUT2D eigenvalue weighted by molar-refractivity contribution is 0.0325. The summed E-state index contributed by atoms with van der Waals surface area (Å²) in [7, 11) is 3.08. The van der Waals surface area contributed by atoms with Crippen molar-refractivity contribution < 1.29 is 29.2 Å². The maximum Gasteiger partial charge on any atom is 0.119 e. The average molecular weight is 394 g/mol. The van der Waals surface area contributed by atoms with E-state index < -0.39 is 12.2 Å². The molecule has 27 heavy (non-hydrogen) atoms. The fourth-order valence-corrected chi connectivity index (χ4v) is 3.03. The van der Waals surface area contributed by atoms with E-state index in [9.17, 15) is 10.2 Å². The fourth-order valence-electron chi connectivity index (χ4n) is 2.21. The summed E-state index contributed by atoms with van der Waals surface area (Å²) in [6, 6.07) is 15.4. The third kappa shape index (κ3) is 8.19. The number of ether oxygens (including phenoxy) is 4. The van der Waals surface area contributed by atoms with Crippen molar-refractivity contribution in [2.45, 2.75) is 22.0 Å². The molecule has 0 aliphatic rings. The Morgan fingerprint density at radius 1 is 0.667 bits per heavy atom. The van der Waals surface area contributed by atoms with Crippen LogP contribution in [0.5, 0.6) is 11.5 Å². The molecule has 0 aliphatic carbocycles. The van der Waals surface area contributed by atoms with Crippen LogP contribution in [0.15, 0.2) is 58.3 Å². The van der Waals surface area contributed by atoms with Crippen molar-refractivity contribution in [1.82, 2.24) is 0 Å². The third-order valence-corrected chi connectivity index (χ3v) is 4.50. The van der Waals surface area contributed by atoms with Crippen molar-refractivity contribution in [1.29, 1.82) is 0 Å². The Bertz CT molecular complexity index is 589. The molecule has 2 atom stereocenters. The van der Waals surface area contributed by atoms with Crippen LogP contribution in [0, 0.1) is 0 Å². The predicted molar refractivity (Wildman–Crippen MR) is 104 cm³/mol. The number of hydrogen-bond acceptors (Lipinski definition) is 7. The van der Waals surface area contributed by atoms with E-state index >= 15 is 0 Å². The van der Waals surface area contributed by atoms with Gasteiger partial charge in [0.1, 0.15) is 36.9 Å². The van der Waals surface area contributed by atoms with Gasteiger partial charge in [0.05, 0.1) is 13.2 Å². The van der Waals surface area contributed by atoms with E-state index in [2.05, 4.69) is 0 Å². The van der Waals surface area contributed by atoms with Gasteiger partial charge in [-0.15, -0.1) is 0 Å². The van der Waals surface area contributed by atoms with Gasteiger partial charge in [-0.25, -0.2) is 0 Å². The molecule has 0 saturated heterocycles. The van der Waals surface area contributed by atoms with Crippen LogP contribution in [0.4, 0.5) is 0 Å². The van der Waals surface area contributed by atoms with Crippen LogP contribution in [0.25, 0.3) is 0 Å². The van der Waals surface area contributed by atoms with Gasteiger partial charge in [-0.3, -0.25) is 0 Å².